The van der Waals surface area contributed by atoms with Crippen LogP contribution in [0.2, 0.25) is 0 Å². The molecule has 0 radical (unpaired) electrons. The number of hydrogen-bond donors (Lipinski definition) is 0. The molecule has 0 aliphatic heterocycles. The van der Waals surface area contributed by atoms with Gasteiger partial charge in [0, 0.05) is 9.35 Å². The van der Waals surface area contributed by atoms with Gasteiger partial charge in [-0.25, -0.2) is 9.13 Å². The lowest BCUT2D eigenvalue weighted by atomic mass is 10.2. The van der Waals surface area contributed by atoms with Crippen molar-refractivity contribution < 1.29 is 9.30 Å². The van der Waals surface area contributed by atoms with E-state index in [1.807, 2.05) is 6.07 Å². The van der Waals surface area contributed by atoms with Gasteiger partial charge in [0.2, 0.25) is 6.33 Å². The quantitative estimate of drug-likeness (QED) is 0.236. The van der Waals surface area contributed by atoms with Crippen LogP contribution < -0.4 is 4.57 Å². The molecule has 1 unspecified atom stereocenters. The van der Waals surface area contributed by atoms with Crippen molar-refractivity contribution in [1.29, 1.82) is 0 Å². The molecule has 158 valence electrons. The van der Waals surface area contributed by atoms with E-state index < -0.39 is 0 Å². The van der Waals surface area contributed by atoms with Crippen molar-refractivity contribution in [3.63, 3.8) is 0 Å². The summed E-state index contributed by atoms with van der Waals surface area (Å²) in [5, 5.41) is 2.12. The van der Waals surface area contributed by atoms with Crippen molar-refractivity contribution in [1.82, 2.24) is 4.57 Å². The van der Waals surface area contributed by atoms with E-state index >= 15 is 0 Å². The van der Waals surface area contributed by atoms with Gasteiger partial charge in [-0.3, -0.25) is 0 Å². The van der Waals surface area contributed by atoms with Gasteiger partial charge in [0.15, 0.2) is 0 Å². The maximum Gasteiger partial charge on any atom is 0.244 e. The lowest BCUT2D eigenvalue weighted by molar-refractivity contribution is -0.686. The minimum absolute atomic E-state index is 0.0582. The molecule has 4 rings (SSSR count). The van der Waals surface area contributed by atoms with Crippen molar-refractivity contribution in [3.05, 3.63) is 117 Å². The van der Waals surface area contributed by atoms with E-state index in [4.69, 9.17) is 4.74 Å². The lowest BCUT2D eigenvalue weighted by Crippen LogP contribution is -2.30. The number of halogens is 1. The van der Waals surface area contributed by atoms with Gasteiger partial charge in [0.25, 0.3) is 0 Å². The Hall–Kier alpha value is -2.47. The van der Waals surface area contributed by atoms with Crippen LogP contribution >= 0.6 is 27.3 Å². The highest BCUT2D eigenvalue weighted by atomic mass is 79.9. The molecule has 4 aromatic rings. The standard InChI is InChI=1S/C26H26BrN2OS/c27-24-12-10-23(11-13-24)8-4-15-28-16-17-29(21-28)20-25(26-9-5-19-31-26)30-18-14-22-6-2-1-3-7-22/h1-13,16-17,19,21,25H,14-15,18,20H2/q+1/b8-4+. The Morgan fingerprint density at radius 2 is 1.87 bits per heavy atom. The maximum atomic E-state index is 6.31. The van der Waals surface area contributed by atoms with Crippen LogP contribution in [0, 0.1) is 0 Å². The van der Waals surface area contributed by atoms with Crippen molar-refractivity contribution in [3.8, 4) is 0 Å². The summed E-state index contributed by atoms with van der Waals surface area (Å²) in [4.78, 5) is 1.27. The van der Waals surface area contributed by atoms with Crippen molar-refractivity contribution in [2.24, 2.45) is 0 Å². The van der Waals surface area contributed by atoms with Gasteiger partial charge in [0.1, 0.15) is 31.6 Å². The van der Waals surface area contributed by atoms with Gasteiger partial charge in [-0.2, -0.15) is 0 Å². The molecular formula is C26H26BrN2OS+. The van der Waals surface area contributed by atoms with Gasteiger partial charge in [-0.05, 0) is 47.2 Å². The highest BCUT2D eigenvalue weighted by Crippen LogP contribution is 2.24. The summed E-state index contributed by atoms with van der Waals surface area (Å²) in [6.45, 7) is 2.35. The Morgan fingerprint density at radius 1 is 1.03 bits per heavy atom. The van der Waals surface area contributed by atoms with Crippen LogP contribution in [-0.4, -0.2) is 11.2 Å². The van der Waals surface area contributed by atoms with E-state index in [9.17, 15) is 0 Å². The first-order valence-electron chi connectivity index (χ1n) is 10.4. The summed E-state index contributed by atoms with van der Waals surface area (Å²) in [5.41, 5.74) is 2.51. The minimum atomic E-state index is 0.0582. The summed E-state index contributed by atoms with van der Waals surface area (Å²) < 4.78 is 11.8. The zero-order chi connectivity index (χ0) is 21.3. The SMILES string of the molecule is Brc1ccc(/C=C/C[n+]2ccn(CC(OCCc3ccccc3)c3cccs3)c2)cc1. The van der Waals surface area contributed by atoms with Gasteiger partial charge in [-0.1, -0.05) is 70.5 Å². The highest BCUT2D eigenvalue weighted by Gasteiger charge is 2.17. The monoisotopic (exact) mass is 493 g/mol. The third-order valence-electron chi connectivity index (χ3n) is 5.03. The van der Waals surface area contributed by atoms with E-state index in [0.717, 1.165) is 24.0 Å². The van der Waals surface area contributed by atoms with Crippen LogP contribution in [-0.2, 0) is 24.2 Å². The van der Waals surface area contributed by atoms with E-state index in [0.29, 0.717) is 6.61 Å². The molecule has 0 fully saturated rings. The van der Waals surface area contributed by atoms with E-state index in [1.165, 1.54) is 16.0 Å². The first-order chi connectivity index (χ1) is 15.3. The molecule has 2 heterocycles. The normalized spacial score (nSPS) is 12.4. The van der Waals surface area contributed by atoms with E-state index in [-0.39, 0.29) is 6.10 Å². The number of benzene rings is 2. The van der Waals surface area contributed by atoms with Gasteiger partial charge in [-0.15, -0.1) is 11.3 Å². The van der Waals surface area contributed by atoms with E-state index in [2.05, 4.69) is 122 Å². The summed E-state index contributed by atoms with van der Waals surface area (Å²) in [7, 11) is 0. The minimum Gasteiger partial charge on any atom is -0.368 e. The largest absolute Gasteiger partial charge is 0.368 e. The predicted octanol–water partition coefficient (Wildman–Crippen LogP) is 6.31. The predicted molar refractivity (Wildman–Crippen MR) is 131 cm³/mol. The smallest absolute Gasteiger partial charge is 0.244 e. The van der Waals surface area contributed by atoms with Crippen molar-refractivity contribution >= 4 is 33.3 Å². The molecule has 3 nitrogen and oxygen atoms in total. The highest BCUT2D eigenvalue weighted by molar-refractivity contribution is 9.10. The fourth-order valence-electron chi connectivity index (χ4n) is 3.39. The third kappa shape index (κ3) is 6.76. The first kappa shape index (κ1) is 21.8. The number of imidazole rings is 1. The van der Waals surface area contributed by atoms with Gasteiger partial charge < -0.3 is 4.74 Å². The second-order valence-corrected chi connectivity index (χ2v) is 9.27. The molecule has 1 atom stereocenters. The molecule has 0 saturated carbocycles. The van der Waals surface area contributed by atoms with Crippen LogP contribution in [0.25, 0.3) is 6.08 Å². The van der Waals surface area contributed by atoms with Crippen LogP contribution in [0.4, 0.5) is 0 Å². The summed E-state index contributed by atoms with van der Waals surface area (Å²) in [6.07, 6.45) is 11.7. The maximum absolute atomic E-state index is 6.31. The molecule has 0 aliphatic carbocycles. The Kier molecular flexibility index (Phi) is 7.88. The molecule has 2 aromatic heterocycles. The zero-order valence-corrected chi connectivity index (χ0v) is 19.7. The molecule has 5 heteroatoms. The average Bonchev–Trinajstić information content (AvgIpc) is 3.48. The van der Waals surface area contributed by atoms with Gasteiger partial charge in [0.05, 0.1) is 6.61 Å². The van der Waals surface area contributed by atoms with Crippen LogP contribution in [0.5, 0.6) is 0 Å². The molecule has 0 N–H and O–H groups in total. The number of thiophene rings is 1. The van der Waals surface area contributed by atoms with Crippen molar-refractivity contribution in [2.75, 3.05) is 6.61 Å². The molecule has 0 aliphatic rings. The first-order valence-corrected chi connectivity index (χ1v) is 12.1. The number of nitrogens with zero attached hydrogens (tertiary/aromatic N) is 2. The van der Waals surface area contributed by atoms with Crippen LogP contribution in [0.15, 0.2) is 101 Å². The average molecular weight is 494 g/mol. The van der Waals surface area contributed by atoms with E-state index in [1.54, 1.807) is 11.3 Å². The summed E-state index contributed by atoms with van der Waals surface area (Å²) in [5.74, 6) is 0. The lowest BCUT2D eigenvalue weighted by Gasteiger charge is -2.15. The Balaban J connectivity index is 1.33. The summed E-state index contributed by atoms with van der Waals surface area (Å²) in [6, 6.07) is 23.1. The van der Waals surface area contributed by atoms with Gasteiger partial charge >= 0.3 is 0 Å². The molecule has 31 heavy (non-hydrogen) atoms. The second-order valence-electron chi connectivity index (χ2n) is 7.37. The third-order valence-corrected chi connectivity index (χ3v) is 6.53. The molecule has 0 saturated heterocycles. The number of rotatable bonds is 10. The second kappa shape index (κ2) is 11.2. The summed E-state index contributed by atoms with van der Waals surface area (Å²) >= 11 is 5.23. The molecule has 0 bridgehead atoms. The number of hydrogen-bond acceptors (Lipinski definition) is 2. The Labute approximate surface area is 196 Å². The zero-order valence-electron chi connectivity index (χ0n) is 17.3. The van der Waals surface area contributed by atoms with Crippen molar-refractivity contribution in [2.45, 2.75) is 25.6 Å². The fourth-order valence-corrected chi connectivity index (χ4v) is 4.42. The number of ether oxygens (including phenoxy) is 1. The molecule has 0 amide bonds. The molecule has 2 aromatic carbocycles. The Morgan fingerprint density at radius 3 is 2.65 bits per heavy atom. The van der Waals surface area contributed by atoms with Crippen LogP contribution in [0.3, 0.4) is 0 Å². The Bertz CT molecular complexity index is 1070. The topological polar surface area (TPSA) is 18.0 Å². The molecular weight excluding hydrogens is 468 g/mol. The molecule has 0 spiro atoms. The fraction of sp³-hybridized carbons (Fsp3) is 0.192. The van der Waals surface area contributed by atoms with Crippen LogP contribution in [0.1, 0.15) is 22.1 Å². The number of aromatic nitrogens is 2. The number of allylic oxidation sites excluding steroid dienone is 1.